The van der Waals surface area contributed by atoms with E-state index in [4.69, 9.17) is 5.90 Å². The van der Waals surface area contributed by atoms with E-state index in [1.165, 1.54) is 18.2 Å². The molecule has 0 amide bonds. The van der Waals surface area contributed by atoms with Gasteiger partial charge in [-0.25, -0.2) is 18.7 Å². The van der Waals surface area contributed by atoms with Crippen LogP contribution in [0.4, 0.5) is 4.39 Å². The molecule has 1 aromatic rings. The van der Waals surface area contributed by atoms with E-state index in [0.29, 0.717) is 0 Å². The number of benzene rings is 1. The number of halogens is 1. The van der Waals surface area contributed by atoms with Crippen molar-refractivity contribution >= 4 is 9.84 Å². The van der Waals surface area contributed by atoms with E-state index in [1.54, 1.807) is 0 Å². The molecule has 15 heavy (non-hydrogen) atoms. The standard InChI is InChI=1S/C9H10FNO3S/c10-8-2-1-3-9-7(8)4-6(5-14-11)15(9,12)13/h1-3,6H,4-5,11H2. The molecule has 6 heteroatoms. The summed E-state index contributed by atoms with van der Waals surface area (Å²) in [6.45, 7) is -0.115. The van der Waals surface area contributed by atoms with Crippen molar-refractivity contribution in [3.63, 3.8) is 0 Å². The second-order valence-electron chi connectivity index (χ2n) is 3.42. The second kappa shape index (κ2) is 3.55. The zero-order valence-electron chi connectivity index (χ0n) is 7.81. The summed E-state index contributed by atoms with van der Waals surface area (Å²) >= 11 is 0. The number of rotatable bonds is 2. The maximum Gasteiger partial charge on any atom is 0.184 e. The molecule has 4 nitrogen and oxygen atoms in total. The zero-order valence-corrected chi connectivity index (χ0v) is 8.63. The Morgan fingerprint density at radius 3 is 2.87 bits per heavy atom. The number of hydrogen-bond acceptors (Lipinski definition) is 4. The highest BCUT2D eigenvalue weighted by atomic mass is 32.2. The summed E-state index contributed by atoms with van der Waals surface area (Å²) in [6, 6.07) is 4.04. The van der Waals surface area contributed by atoms with Gasteiger partial charge in [0.15, 0.2) is 9.84 Å². The predicted octanol–water partition coefficient (Wildman–Crippen LogP) is 0.414. The maximum atomic E-state index is 13.3. The lowest BCUT2D eigenvalue weighted by Gasteiger charge is -2.05. The number of fused-ring (bicyclic) bond motifs is 1. The third-order valence-corrected chi connectivity index (χ3v) is 4.71. The van der Waals surface area contributed by atoms with E-state index < -0.39 is 20.9 Å². The van der Waals surface area contributed by atoms with Gasteiger partial charge in [0.05, 0.1) is 16.8 Å². The minimum absolute atomic E-state index is 0.0598. The van der Waals surface area contributed by atoms with Gasteiger partial charge in [-0.2, -0.15) is 0 Å². The van der Waals surface area contributed by atoms with Crippen molar-refractivity contribution in [3.05, 3.63) is 29.6 Å². The van der Waals surface area contributed by atoms with Crippen molar-refractivity contribution in [2.45, 2.75) is 16.6 Å². The van der Waals surface area contributed by atoms with E-state index in [2.05, 4.69) is 4.84 Å². The van der Waals surface area contributed by atoms with E-state index >= 15 is 0 Å². The summed E-state index contributed by atoms with van der Waals surface area (Å²) in [4.78, 5) is 4.39. The van der Waals surface area contributed by atoms with Crippen molar-refractivity contribution in [1.82, 2.24) is 0 Å². The highest BCUT2D eigenvalue weighted by Gasteiger charge is 2.38. The van der Waals surface area contributed by atoms with Gasteiger partial charge in [0.2, 0.25) is 0 Å². The third-order valence-electron chi connectivity index (χ3n) is 2.54. The Bertz CT molecular complexity index is 486. The molecule has 1 aliphatic rings. The molecule has 1 heterocycles. The summed E-state index contributed by atoms with van der Waals surface area (Å²) in [6.07, 6.45) is 0.127. The van der Waals surface area contributed by atoms with Gasteiger partial charge in [-0.1, -0.05) is 6.07 Å². The van der Waals surface area contributed by atoms with Crippen LogP contribution in [0.5, 0.6) is 0 Å². The lowest BCUT2D eigenvalue weighted by atomic mass is 10.1. The van der Waals surface area contributed by atoms with Crippen LogP contribution in [-0.4, -0.2) is 20.3 Å². The molecular weight excluding hydrogens is 221 g/mol. The van der Waals surface area contributed by atoms with Crippen LogP contribution >= 0.6 is 0 Å². The average molecular weight is 231 g/mol. The molecule has 1 atom stereocenters. The smallest absolute Gasteiger partial charge is 0.184 e. The molecule has 2 N–H and O–H groups in total. The summed E-state index contributed by atoms with van der Waals surface area (Å²) in [5.74, 6) is 4.35. The molecule has 0 radical (unpaired) electrons. The highest BCUT2D eigenvalue weighted by molar-refractivity contribution is 7.92. The van der Waals surface area contributed by atoms with E-state index in [-0.39, 0.29) is 23.5 Å². The van der Waals surface area contributed by atoms with Crippen LogP contribution < -0.4 is 5.90 Å². The van der Waals surface area contributed by atoms with Gasteiger partial charge in [-0.05, 0) is 18.6 Å². The van der Waals surface area contributed by atoms with Crippen LogP contribution in [0.25, 0.3) is 0 Å². The van der Waals surface area contributed by atoms with E-state index in [1.807, 2.05) is 0 Å². The summed E-state index contributed by atoms with van der Waals surface area (Å²) in [5.41, 5.74) is 0.236. The minimum Gasteiger partial charge on any atom is -0.303 e. The monoisotopic (exact) mass is 231 g/mol. The average Bonchev–Trinajstić information content (AvgIpc) is 2.43. The second-order valence-corrected chi connectivity index (χ2v) is 5.62. The van der Waals surface area contributed by atoms with Gasteiger partial charge in [0.1, 0.15) is 5.82 Å². The SMILES string of the molecule is NOCC1Cc2c(F)cccc2S1(=O)=O. The molecular formula is C9H10FNO3S. The molecule has 0 saturated heterocycles. The first-order valence-corrected chi connectivity index (χ1v) is 5.95. The maximum absolute atomic E-state index is 13.3. The van der Waals surface area contributed by atoms with Crippen LogP contribution in [0.1, 0.15) is 5.56 Å². The summed E-state index contributed by atoms with van der Waals surface area (Å²) in [7, 11) is -3.48. The van der Waals surface area contributed by atoms with Crippen LogP contribution in [-0.2, 0) is 21.1 Å². The van der Waals surface area contributed by atoms with Crippen LogP contribution in [0.3, 0.4) is 0 Å². The highest BCUT2D eigenvalue weighted by Crippen LogP contribution is 2.32. The minimum atomic E-state index is -3.48. The molecule has 1 aliphatic heterocycles. The Labute approximate surface area is 86.7 Å². The zero-order chi connectivity index (χ0) is 11.1. The fourth-order valence-electron chi connectivity index (χ4n) is 1.78. The fraction of sp³-hybridized carbons (Fsp3) is 0.333. The van der Waals surface area contributed by atoms with Crippen LogP contribution in [0.2, 0.25) is 0 Å². The Kier molecular flexibility index (Phi) is 2.49. The topological polar surface area (TPSA) is 69.4 Å². The normalized spacial score (nSPS) is 22.7. The summed E-state index contributed by atoms with van der Waals surface area (Å²) in [5, 5.41) is -0.769. The Morgan fingerprint density at radius 1 is 1.53 bits per heavy atom. The predicted molar refractivity (Wildman–Crippen MR) is 51.2 cm³/mol. The first-order chi connectivity index (χ1) is 7.07. The van der Waals surface area contributed by atoms with Crippen molar-refractivity contribution in [1.29, 1.82) is 0 Å². The van der Waals surface area contributed by atoms with Gasteiger partial charge >= 0.3 is 0 Å². The molecule has 0 aromatic heterocycles. The molecule has 82 valence electrons. The molecule has 0 aliphatic carbocycles. The molecule has 0 spiro atoms. The first-order valence-electron chi connectivity index (χ1n) is 4.40. The van der Waals surface area contributed by atoms with Crippen molar-refractivity contribution < 1.29 is 17.6 Å². The molecule has 1 aromatic carbocycles. The van der Waals surface area contributed by atoms with Crippen molar-refractivity contribution in [2.24, 2.45) is 5.90 Å². The van der Waals surface area contributed by atoms with Crippen LogP contribution in [0.15, 0.2) is 23.1 Å². The number of hydrogen-bond donors (Lipinski definition) is 1. The number of sulfone groups is 1. The molecule has 0 saturated carbocycles. The Morgan fingerprint density at radius 2 is 2.27 bits per heavy atom. The van der Waals surface area contributed by atoms with E-state index in [9.17, 15) is 12.8 Å². The molecule has 0 fully saturated rings. The lowest BCUT2D eigenvalue weighted by molar-refractivity contribution is 0.138. The largest absolute Gasteiger partial charge is 0.303 e. The van der Waals surface area contributed by atoms with Gasteiger partial charge in [0.25, 0.3) is 0 Å². The Balaban J connectivity index is 2.52. The Hall–Kier alpha value is -0.980. The molecule has 2 rings (SSSR count). The molecule has 0 bridgehead atoms. The van der Waals surface area contributed by atoms with Gasteiger partial charge in [0, 0.05) is 5.56 Å². The van der Waals surface area contributed by atoms with Crippen molar-refractivity contribution in [2.75, 3.05) is 6.61 Å². The third kappa shape index (κ3) is 1.54. The van der Waals surface area contributed by atoms with E-state index in [0.717, 1.165) is 0 Å². The molecule has 1 unspecified atom stereocenters. The van der Waals surface area contributed by atoms with Gasteiger partial charge in [-0.15, -0.1) is 0 Å². The van der Waals surface area contributed by atoms with Gasteiger partial charge in [-0.3, -0.25) is 0 Å². The fourth-order valence-corrected chi connectivity index (χ4v) is 3.57. The lowest BCUT2D eigenvalue weighted by Crippen LogP contribution is -2.24. The number of nitrogens with two attached hydrogens (primary N) is 1. The summed E-state index contributed by atoms with van der Waals surface area (Å²) < 4.78 is 37.0. The van der Waals surface area contributed by atoms with Gasteiger partial charge < -0.3 is 4.84 Å². The van der Waals surface area contributed by atoms with Crippen LogP contribution in [0, 0.1) is 5.82 Å². The first kappa shape index (κ1) is 10.5. The quantitative estimate of drug-likeness (QED) is 0.749. The van der Waals surface area contributed by atoms with Crippen molar-refractivity contribution in [3.8, 4) is 0 Å².